The average Bonchev–Trinajstić information content (AvgIpc) is 2.25. The van der Waals surface area contributed by atoms with Crippen LogP contribution in [0, 0.1) is 10.1 Å². The van der Waals surface area contributed by atoms with Gasteiger partial charge in [-0.15, -0.1) is 0 Å². The van der Waals surface area contributed by atoms with E-state index in [1.807, 2.05) is 0 Å². The summed E-state index contributed by atoms with van der Waals surface area (Å²) in [6, 6.07) is 4.75. The van der Waals surface area contributed by atoms with E-state index < -0.39 is 11.0 Å². The van der Waals surface area contributed by atoms with Crippen molar-refractivity contribution < 1.29 is 14.8 Å². The molecule has 0 unspecified atom stereocenters. The van der Waals surface area contributed by atoms with Crippen LogP contribution in [0.5, 0.6) is 5.75 Å². The molecule has 0 aliphatic rings. The maximum atomic E-state index is 10.8. The van der Waals surface area contributed by atoms with Crippen LogP contribution in [0.3, 0.4) is 0 Å². The van der Waals surface area contributed by atoms with Gasteiger partial charge in [0.1, 0.15) is 5.75 Å². The lowest BCUT2D eigenvalue weighted by Gasteiger charge is -2.06. The lowest BCUT2D eigenvalue weighted by Crippen LogP contribution is -2.03. The first kappa shape index (κ1) is 12.4. The maximum Gasteiger partial charge on any atom is 0.276 e. The third-order valence-electron chi connectivity index (χ3n) is 2.32. The van der Waals surface area contributed by atoms with Gasteiger partial charge < -0.3 is 9.84 Å². The van der Waals surface area contributed by atoms with Crippen LogP contribution >= 0.6 is 0 Å². The Bertz CT molecular complexity index is 376. The van der Waals surface area contributed by atoms with Gasteiger partial charge in [0.05, 0.1) is 24.2 Å². The first-order valence-corrected chi connectivity index (χ1v) is 5.04. The lowest BCUT2D eigenvalue weighted by atomic mass is 10.1. The normalized spacial score (nSPS) is 12.2. The molecule has 1 rings (SSSR count). The first-order valence-electron chi connectivity index (χ1n) is 5.04. The van der Waals surface area contributed by atoms with Crippen molar-refractivity contribution in [3.05, 3.63) is 33.9 Å². The van der Waals surface area contributed by atoms with E-state index in [1.54, 1.807) is 19.1 Å². The predicted octanol–water partition coefficient (Wildman–Crippen LogP) is 1.92. The topological polar surface area (TPSA) is 72.6 Å². The van der Waals surface area contributed by atoms with Crippen molar-refractivity contribution >= 4 is 5.69 Å². The third-order valence-corrected chi connectivity index (χ3v) is 2.32. The molecule has 0 aromatic heterocycles. The molecule has 5 nitrogen and oxygen atoms in total. The van der Waals surface area contributed by atoms with E-state index >= 15 is 0 Å². The Morgan fingerprint density at radius 2 is 2.25 bits per heavy atom. The van der Waals surface area contributed by atoms with Gasteiger partial charge >= 0.3 is 0 Å². The van der Waals surface area contributed by atoms with Crippen LogP contribution in [0.2, 0.25) is 0 Å². The summed E-state index contributed by atoms with van der Waals surface area (Å²) in [5.74, 6) is 0.465. The number of aryl methyl sites for hydroxylation is 1. The number of nitrogens with zero attached hydrogens (tertiary/aromatic N) is 1. The van der Waals surface area contributed by atoms with Crippen LogP contribution in [0.15, 0.2) is 18.2 Å². The number of methoxy groups -OCH3 is 1. The van der Waals surface area contributed by atoms with E-state index in [4.69, 9.17) is 9.84 Å². The molecule has 0 radical (unpaired) electrons. The van der Waals surface area contributed by atoms with Crippen LogP contribution in [0.25, 0.3) is 0 Å². The highest BCUT2D eigenvalue weighted by atomic mass is 16.6. The maximum absolute atomic E-state index is 10.8. The van der Waals surface area contributed by atoms with Gasteiger partial charge in [0.25, 0.3) is 5.69 Å². The highest BCUT2D eigenvalue weighted by molar-refractivity contribution is 5.46. The molecule has 1 aromatic rings. The third kappa shape index (κ3) is 3.20. The fourth-order valence-electron chi connectivity index (χ4n) is 1.42. The van der Waals surface area contributed by atoms with Gasteiger partial charge in [-0.3, -0.25) is 10.1 Å². The zero-order chi connectivity index (χ0) is 12.1. The Balaban J connectivity index is 2.94. The van der Waals surface area contributed by atoms with Gasteiger partial charge in [-0.2, -0.15) is 0 Å². The van der Waals surface area contributed by atoms with E-state index in [0.717, 1.165) is 0 Å². The summed E-state index contributed by atoms with van der Waals surface area (Å²) in [5, 5.41) is 20.0. The molecule has 0 aliphatic carbocycles. The van der Waals surface area contributed by atoms with Crippen molar-refractivity contribution in [1.29, 1.82) is 0 Å². The Kier molecular flexibility index (Phi) is 4.25. The van der Waals surface area contributed by atoms with E-state index in [1.165, 1.54) is 13.2 Å². The van der Waals surface area contributed by atoms with E-state index in [0.29, 0.717) is 24.2 Å². The summed E-state index contributed by atoms with van der Waals surface area (Å²) >= 11 is 0. The van der Waals surface area contributed by atoms with Gasteiger partial charge in [0.15, 0.2) is 0 Å². The number of ether oxygens (including phenoxy) is 1. The summed E-state index contributed by atoms with van der Waals surface area (Å²) in [6.45, 7) is 1.66. The zero-order valence-corrected chi connectivity index (χ0v) is 9.34. The molecule has 0 aliphatic heterocycles. The monoisotopic (exact) mass is 225 g/mol. The second-order valence-corrected chi connectivity index (χ2v) is 3.64. The highest BCUT2D eigenvalue weighted by Crippen LogP contribution is 2.25. The zero-order valence-electron chi connectivity index (χ0n) is 9.34. The average molecular weight is 225 g/mol. The minimum atomic E-state index is -0.457. The van der Waals surface area contributed by atoms with Gasteiger partial charge in [0.2, 0.25) is 0 Å². The van der Waals surface area contributed by atoms with E-state index in [-0.39, 0.29) is 5.69 Å². The Labute approximate surface area is 93.8 Å². The number of rotatable bonds is 5. The molecule has 0 saturated heterocycles. The smallest absolute Gasteiger partial charge is 0.276 e. The molecule has 0 amide bonds. The minimum absolute atomic E-state index is 0.0417. The second kappa shape index (κ2) is 5.46. The molecule has 16 heavy (non-hydrogen) atoms. The molecule has 5 heteroatoms. The Morgan fingerprint density at radius 3 is 2.75 bits per heavy atom. The molecule has 0 fully saturated rings. The predicted molar refractivity (Wildman–Crippen MR) is 59.7 cm³/mol. The van der Waals surface area contributed by atoms with Crippen LogP contribution in [0.4, 0.5) is 5.69 Å². The number of hydrogen-bond donors (Lipinski definition) is 1. The molecular formula is C11H15NO4. The lowest BCUT2D eigenvalue weighted by molar-refractivity contribution is -0.385. The number of hydrogen-bond acceptors (Lipinski definition) is 4. The van der Waals surface area contributed by atoms with Crippen LogP contribution < -0.4 is 4.74 Å². The second-order valence-electron chi connectivity index (χ2n) is 3.64. The molecule has 1 atom stereocenters. The molecule has 0 bridgehead atoms. The minimum Gasteiger partial charge on any atom is -0.497 e. The first-order chi connectivity index (χ1) is 7.54. The number of nitro benzene ring substituents is 1. The van der Waals surface area contributed by atoms with Crippen molar-refractivity contribution in [1.82, 2.24) is 0 Å². The van der Waals surface area contributed by atoms with E-state index in [2.05, 4.69) is 0 Å². The summed E-state index contributed by atoms with van der Waals surface area (Å²) < 4.78 is 4.93. The Morgan fingerprint density at radius 1 is 1.56 bits per heavy atom. The van der Waals surface area contributed by atoms with Gasteiger partial charge in [0, 0.05) is 5.56 Å². The largest absolute Gasteiger partial charge is 0.497 e. The van der Waals surface area contributed by atoms with Crippen molar-refractivity contribution in [2.24, 2.45) is 0 Å². The quantitative estimate of drug-likeness (QED) is 0.613. The van der Waals surface area contributed by atoms with Gasteiger partial charge in [-0.05, 0) is 31.9 Å². The van der Waals surface area contributed by atoms with Gasteiger partial charge in [-0.25, -0.2) is 0 Å². The highest BCUT2D eigenvalue weighted by Gasteiger charge is 2.15. The number of aliphatic hydroxyl groups is 1. The number of aliphatic hydroxyl groups excluding tert-OH is 1. The molecule has 1 aromatic carbocycles. The van der Waals surface area contributed by atoms with Crippen LogP contribution in [-0.4, -0.2) is 23.2 Å². The SMILES string of the molecule is COc1ccc(CC[C@@H](C)O)c([N+](=O)[O-])c1. The molecule has 1 N–H and O–H groups in total. The summed E-state index contributed by atoms with van der Waals surface area (Å²) in [4.78, 5) is 10.4. The molecule has 88 valence electrons. The van der Waals surface area contributed by atoms with Crippen molar-refractivity contribution in [2.45, 2.75) is 25.9 Å². The number of benzene rings is 1. The van der Waals surface area contributed by atoms with Crippen LogP contribution in [0.1, 0.15) is 18.9 Å². The molecule has 0 saturated carbocycles. The fraction of sp³-hybridized carbons (Fsp3) is 0.455. The van der Waals surface area contributed by atoms with Crippen molar-refractivity contribution in [3.8, 4) is 5.75 Å². The summed E-state index contributed by atoms with van der Waals surface area (Å²) in [7, 11) is 1.47. The fourth-order valence-corrected chi connectivity index (χ4v) is 1.42. The van der Waals surface area contributed by atoms with Gasteiger partial charge in [-0.1, -0.05) is 0 Å². The van der Waals surface area contributed by atoms with Crippen molar-refractivity contribution in [2.75, 3.05) is 7.11 Å². The molecule has 0 heterocycles. The molecular weight excluding hydrogens is 210 g/mol. The van der Waals surface area contributed by atoms with E-state index in [9.17, 15) is 10.1 Å². The summed E-state index contributed by atoms with van der Waals surface area (Å²) in [6.07, 6.45) is 0.534. The van der Waals surface area contributed by atoms with Crippen LogP contribution in [-0.2, 0) is 6.42 Å². The standard InChI is InChI=1S/C11H15NO4/c1-8(13)3-4-9-5-6-10(16-2)7-11(9)12(14)15/h5-8,13H,3-4H2,1-2H3/t8-/m1/s1. The summed E-state index contributed by atoms with van der Waals surface area (Å²) in [5.41, 5.74) is 0.659. The Hall–Kier alpha value is -1.62. The number of nitro groups is 1. The molecule has 0 spiro atoms. The van der Waals surface area contributed by atoms with Crippen molar-refractivity contribution in [3.63, 3.8) is 0 Å².